The van der Waals surface area contributed by atoms with Crippen molar-refractivity contribution in [1.29, 1.82) is 0 Å². The average Bonchev–Trinajstić information content (AvgIpc) is 2.76. The molecule has 33 heavy (non-hydrogen) atoms. The number of hydrogen-bond donors (Lipinski definition) is 1. The van der Waals surface area contributed by atoms with Crippen LogP contribution in [-0.4, -0.2) is 24.2 Å². The van der Waals surface area contributed by atoms with Gasteiger partial charge in [0.1, 0.15) is 0 Å². The van der Waals surface area contributed by atoms with Gasteiger partial charge in [-0.3, -0.25) is 4.79 Å². The maximum Gasteiger partial charge on any atom is 0.220 e. The minimum atomic E-state index is -0.239. The van der Waals surface area contributed by atoms with Gasteiger partial charge in [-0.1, -0.05) is 52.3 Å². The Morgan fingerprint density at radius 1 is 1.03 bits per heavy atom. The number of carbonyl (C=O) groups excluding carboxylic acids is 1. The number of aliphatic imine (C=N–C) groups is 1. The van der Waals surface area contributed by atoms with Crippen LogP contribution in [0.5, 0.6) is 0 Å². The van der Waals surface area contributed by atoms with Gasteiger partial charge in [-0.15, -0.1) is 0 Å². The van der Waals surface area contributed by atoms with E-state index in [0.29, 0.717) is 11.3 Å². The summed E-state index contributed by atoms with van der Waals surface area (Å²) in [7, 11) is 0. The first-order chi connectivity index (χ1) is 15.3. The summed E-state index contributed by atoms with van der Waals surface area (Å²) in [6.07, 6.45) is 14.7. The van der Waals surface area contributed by atoms with E-state index in [0.717, 1.165) is 29.7 Å². The van der Waals surface area contributed by atoms with E-state index >= 15 is 0 Å². The van der Waals surface area contributed by atoms with E-state index in [1.54, 1.807) is 6.08 Å². The molecular formula is C30H41NO2. The summed E-state index contributed by atoms with van der Waals surface area (Å²) in [6, 6.07) is 0. The molecule has 0 aromatic heterocycles. The molecule has 6 atom stereocenters. The lowest BCUT2D eigenvalue weighted by Gasteiger charge is -2.70. The van der Waals surface area contributed by atoms with E-state index in [1.165, 1.54) is 44.1 Å². The van der Waals surface area contributed by atoms with Crippen LogP contribution in [0.25, 0.3) is 0 Å². The number of carbonyl (C=O) groups is 1. The zero-order chi connectivity index (χ0) is 24.0. The van der Waals surface area contributed by atoms with E-state index in [1.807, 2.05) is 6.92 Å². The summed E-state index contributed by atoms with van der Waals surface area (Å²) in [5, 5.41) is 10.3. The smallest absolute Gasteiger partial charge is 0.220 e. The fourth-order valence-electron chi connectivity index (χ4n) is 8.94. The monoisotopic (exact) mass is 447 g/mol. The summed E-state index contributed by atoms with van der Waals surface area (Å²) in [5.41, 5.74) is 5.21. The third kappa shape index (κ3) is 2.80. The van der Waals surface area contributed by atoms with Gasteiger partial charge in [-0.2, -0.15) is 0 Å². The Morgan fingerprint density at radius 3 is 2.42 bits per heavy atom. The van der Waals surface area contributed by atoms with Crippen LogP contribution in [0.3, 0.4) is 0 Å². The first kappa shape index (κ1) is 22.9. The topological polar surface area (TPSA) is 49.7 Å². The highest BCUT2D eigenvalue weighted by atomic mass is 16.3. The van der Waals surface area contributed by atoms with Gasteiger partial charge in [-0.05, 0) is 103 Å². The van der Waals surface area contributed by atoms with Gasteiger partial charge in [0.15, 0.2) is 5.76 Å². The average molecular weight is 448 g/mol. The van der Waals surface area contributed by atoms with Crippen molar-refractivity contribution in [2.45, 2.75) is 86.5 Å². The predicted octanol–water partition coefficient (Wildman–Crippen LogP) is 7.31. The van der Waals surface area contributed by atoms with Crippen molar-refractivity contribution in [2.24, 2.45) is 38.0 Å². The van der Waals surface area contributed by atoms with E-state index in [4.69, 9.17) is 0 Å². The van der Waals surface area contributed by atoms with Crippen molar-refractivity contribution in [3.63, 3.8) is 0 Å². The molecular weight excluding hydrogens is 406 g/mol. The minimum absolute atomic E-state index is 0.0903. The van der Waals surface area contributed by atoms with Crippen LogP contribution in [0.4, 0.5) is 0 Å². The Kier molecular flexibility index (Phi) is 4.73. The summed E-state index contributed by atoms with van der Waals surface area (Å²) in [5.74, 6) is 0.326. The van der Waals surface area contributed by atoms with Gasteiger partial charge in [0, 0.05) is 17.5 Å². The first-order valence-electron chi connectivity index (χ1n) is 12.9. The molecule has 0 radical (unpaired) electrons. The van der Waals surface area contributed by atoms with E-state index in [-0.39, 0.29) is 33.2 Å². The summed E-state index contributed by atoms with van der Waals surface area (Å²) >= 11 is 0. The Balaban J connectivity index is 1.63. The maximum absolute atomic E-state index is 12.6. The van der Waals surface area contributed by atoms with Crippen LogP contribution >= 0.6 is 0 Å². The quantitative estimate of drug-likeness (QED) is 0.451. The number of nitrogens with zero attached hydrogens (tertiary/aromatic N) is 1. The van der Waals surface area contributed by atoms with Crippen LogP contribution in [0, 0.1) is 33.0 Å². The molecule has 5 rings (SSSR count). The highest BCUT2D eigenvalue weighted by molar-refractivity contribution is 6.06. The molecule has 3 fully saturated rings. The highest BCUT2D eigenvalue weighted by Crippen LogP contribution is 2.75. The van der Waals surface area contributed by atoms with Crippen molar-refractivity contribution in [2.75, 3.05) is 6.54 Å². The van der Waals surface area contributed by atoms with Crippen molar-refractivity contribution in [3.05, 3.63) is 46.3 Å². The lowest BCUT2D eigenvalue weighted by atomic mass is 9.34. The van der Waals surface area contributed by atoms with Gasteiger partial charge < -0.3 is 10.1 Å². The fraction of sp³-hybridized carbons (Fsp3) is 0.667. The lowest BCUT2D eigenvalue weighted by Crippen LogP contribution is -2.61. The molecule has 0 amide bonds. The van der Waals surface area contributed by atoms with Crippen LogP contribution in [0.2, 0.25) is 0 Å². The molecule has 178 valence electrons. The van der Waals surface area contributed by atoms with Crippen LogP contribution in [-0.2, 0) is 4.79 Å². The molecule has 0 spiro atoms. The summed E-state index contributed by atoms with van der Waals surface area (Å²) in [6.45, 7) is 19.0. The Bertz CT molecular complexity index is 1070. The molecule has 3 saturated carbocycles. The molecule has 1 N–H and O–H groups in total. The number of ketones is 1. The second-order valence-electron chi connectivity index (χ2n) is 13.2. The molecule has 0 saturated heterocycles. The number of allylic oxidation sites excluding steroid dienone is 7. The van der Waals surface area contributed by atoms with Crippen molar-refractivity contribution in [1.82, 2.24) is 0 Å². The number of aliphatic hydroxyl groups is 1. The highest BCUT2D eigenvalue weighted by Gasteiger charge is 2.66. The van der Waals surface area contributed by atoms with Crippen LogP contribution in [0.15, 0.2) is 51.3 Å². The number of rotatable bonds is 2. The fourth-order valence-corrected chi connectivity index (χ4v) is 8.94. The van der Waals surface area contributed by atoms with Gasteiger partial charge >= 0.3 is 0 Å². The Hall–Kier alpha value is -1.90. The van der Waals surface area contributed by atoms with E-state index in [2.05, 4.69) is 58.5 Å². The molecule has 0 bridgehead atoms. The molecule has 0 unspecified atom stereocenters. The Labute approximate surface area is 199 Å². The second-order valence-corrected chi connectivity index (χ2v) is 13.2. The Morgan fingerprint density at radius 2 is 1.73 bits per heavy atom. The largest absolute Gasteiger partial charge is 0.504 e. The van der Waals surface area contributed by atoms with Gasteiger partial charge in [0.05, 0.1) is 0 Å². The number of fused-ring (bicyclic) bond motifs is 7. The molecule has 0 aliphatic heterocycles. The minimum Gasteiger partial charge on any atom is -0.504 e. The zero-order valence-corrected chi connectivity index (χ0v) is 21.5. The van der Waals surface area contributed by atoms with Gasteiger partial charge in [0.2, 0.25) is 5.78 Å². The van der Waals surface area contributed by atoms with Gasteiger partial charge in [0.25, 0.3) is 0 Å². The molecule has 5 aliphatic rings. The van der Waals surface area contributed by atoms with Crippen LogP contribution in [0.1, 0.15) is 86.5 Å². The second kappa shape index (κ2) is 6.83. The van der Waals surface area contributed by atoms with E-state index < -0.39 is 0 Å². The summed E-state index contributed by atoms with van der Waals surface area (Å²) in [4.78, 5) is 17.0. The third-order valence-electron chi connectivity index (χ3n) is 11.5. The SMILES string of the molecule is C=NC[C@]1(C)CC[C@]2(C)CC[C@]3(C)C4=CC=C5C(=CC(=O)C(O)=C5C)[C@]4(C)CC[C@@]3(C)[C@@H]2C1. The van der Waals surface area contributed by atoms with Crippen molar-refractivity contribution < 1.29 is 9.90 Å². The predicted molar refractivity (Wildman–Crippen MR) is 135 cm³/mol. The molecule has 0 heterocycles. The summed E-state index contributed by atoms with van der Waals surface area (Å²) < 4.78 is 0. The van der Waals surface area contributed by atoms with Crippen LogP contribution < -0.4 is 0 Å². The van der Waals surface area contributed by atoms with Gasteiger partial charge in [-0.25, -0.2) is 0 Å². The molecule has 0 aromatic rings. The first-order valence-corrected chi connectivity index (χ1v) is 12.9. The number of aliphatic hydroxyl groups excluding tert-OH is 1. The molecule has 3 nitrogen and oxygen atoms in total. The molecule has 0 aromatic carbocycles. The maximum atomic E-state index is 12.6. The standard InChI is InChI=1S/C30H41NO2/c1-19-20-8-9-23-28(4,21(20)16-22(32)25(19)33)13-15-30(6)24-17-26(2,18-31-7)10-11-27(24,3)12-14-29(23,30)5/h8-9,16,24,33H,7,10-15,17-18H2,1-6H3/t24-,26-,27-,28+,29-,30+/m1/s1. The lowest BCUT2D eigenvalue weighted by molar-refractivity contribution is -0.160. The number of hydrogen-bond acceptors (Lipinski definition) is 3. The van der Waals surface area contributed by atoms with E-state index in [9.17, 15) is 9.90 Å². The zero-order valence-electron chi connectivity index (χ0n) is 21.5. The van der Waals surface area contributed by atoms with Crippen molar-refractivity contribution >= 4 is 12.5 Å². The third-order valence-corrected chi connectivity index (χ3v) is 11.5. The molecule has 5 aliphatic carbocycles. The normalized spacial score (nSPS) is 46.8. The van der Waals surface area contributed by atoms with Crippen molar-refractivity contribution in [3.8, 4) is 0 Å². The molecule has 3 heteroatoms.